The van der Waals surface area contributed by atoms with Crippen molar-refractivity contribution < 1.29 is 9.47 Å². The van der Waals surface area contributed by atoms with Gasteiger partial charge in [-0.15, -0.1) is 0 Å². The number of methoxy groups -OCH3 is 2. The Morgan fingerprint density at radius 3 is 2.58 bits per heavy atom. The van der Waals surface area contributed by atoms with Crippen molar-refractivity contribution in [3.05, 3.63) is 41.7 Å². The minimum Gasteiger partial charge on any atom is -0.493 e. The molecule has 0 aliphatic heterocycles. The van der Waals surface area contributed by atoms with Crippen LogP contribution >= 0.6 is 0 Å². The number of anilines is 1. The molecule has 0 radical (unpaired) electrons. The van der Waals surface area contributed by atoms with E-state index in [9.17, 15) is 5.26 Å². The molecule has 26 heavy (non-hydrogen) atoms. The standard InChI is InChI=1S/C19H19N5O2/c1-11-16(13-6-5-7-15(25-3)18(13)26-4)14(8-20)19(21)23-17(11)12-9-22-24(2)10-12/h5-7,9-10H,1-4H3,(H2,21,23). The summed E-state index contributed by atoms with van der Waals surface area (Å²) < 4.78 is 12.6. The van der Waals surface area contributed by atoms with E-state index >= 15 is 0 Å². The third-order valence-corrected chi connectivity index (χ3v) is 4.23. The van der Waals surface area contributed by atoms with Crippen LogP contribution in [-0.2, 0) is 7.05 Å². The van der Waals surface area contributed by atoms with Crippen molar-refractivity contribution in [2.75, 3.05) is 20.0 Å². The smallest absolute Gasteiger partial charge is 0.168 e. The Hall–Kier alpha value is -3.53. The molecule has 0 atom stereocenters. The molecule has 3 aromatic rings. The molecule has 0 bridgehead atoms. The first-order valence-electron chi connectivity index (χ1n) is 7.92. The SMILES string of the molecule is COc1cccc(-c2c(C)c(-c3cnn(C)c3)nc(N)c2C#N)c1OC. The maximum atomic E-state index is 9.68. The van der Waals surface area contributed by atoms with Crippen LogP contribution in [0.1, 0.15) is 11.1 Å². The number of rotatable bonds is 4. The van der Waals surface area contributed by atoms with Crippen molar-refractivity contribution in [1.29, 1.82) is 5.26 Å². The van der Waals surface area contributed by atoms with Gasteiger partial charge in [0.15, 0.2) is 11.5 Å². The zero-order chi connectivity index (χ0) is 18.8. The Morgan fingerprint density at radius 2 is 2.00 bits per heavy atom. The molecule has 7 nitrogen and oxygen atoms in total. The molecule has 0 aliphatic carbocycles. The average Bonchev–Trinajstić information content (AvgIpc) is 3.08. The fraction of sp³-hybridized carbons (Fsp3) is 0.211. The van der Waals surface area contributed by atoms with Gasteiger partial charge in [0, 0.05) is 29.9 Å². The van der Waals surface area contributed by atoms with E-state index in [-0.39, 0.29) is 5.82 Å². The topological polar surface area (TPSA) is 99.0 Å². The van der Waals surface area contributed by atoms with Gasteiger partial charge in [-0.3, -0.25) is 4.68 Å². The molecule has 3 rings (SSSR count). The summed E-state index contributed by atoms with van der Waals surface area (Å²) in [6.07, 6.45) is 3.57. The molecule has 0 saturated heterocycles. The summed E-state index contributed by atoms with van der Waals surface area (Å²) in [6, 6.07) is 7.69. The summed E-state index contributed by atoms with van der Waals surface area (Å²) in [5.41, 5.74) is 10.1. The van der Waals surface area contributed by atoms with Crippen molar-refractivity contribution in [1.82, 2.24) is 14.8 Å². The number of aryl methyl sites for hydroxylation is 1. The van der Waals surface area contributed by atoms with Crippen molar-refractivity contribution in [3.8, 4) is 40.0 Å². The zero-order valence-corrected chi connectivity index (χ0v) is 15.1. The quantitative estimate of drug-likeness (QED) is 0.777. The number of hydrogen-bond donors (Lipinski definition) is 1. The van der Waals surface area contributed by atoms with Crippen LogP contribution in [0.3, 0.4) is 0 Å². The first-order valence-corrected chi connectivity index (χ1v) is 7.92. The molecule has 0 unspecified atom stereocenters. The summed E-state index contributed by atoms with van der Waals surface area (Å²) in [6.45, 7) is 1.91. The Bertz CT molecular complexity index is 1020. The van der Waals surface area contributed by atoms with Gasteiger partial charge in [-0.2, -0.15) is 10.4 Å². The first-order chi connectivity index (χ1) is 12.5. The zero-order valence-electron chi connectivity index (χ0n) is 15.1. The van der Waals surface area contributed by atoms with Crippen LogP contribution in [0.15, 0.2) is 30.6 Å². The number of nitriles is 1. The fourth-order valence-electron chi connectivity index (χ4n) is 3.05. The van der Waals surface area contributed by atoms with Gasteiger partial charge in [-0.25, -0.2) is 4.98 Å². The second-order valence-corrected chi connectivity index (χ2v) is 5.78. The van der Waals surface area contributed by atoms with Gasteiger partial charge in [-0.05, 0) is 18.6 Å². The van der Waals surface area contributed by atoms with Crippen molar-refractivity contribution >= 4 is 5.82 Å². The van der Waals surface area contributed by atoms with E-state index in [2.05, 4.69) is 16.2 Å². The van der Waals surface area contributed by atoms with Crippen LogP contribution < -0.4 is 15.2 Å². The number of benzene rings is 1. The molecule has 0 fully saturated rings. The number of nitrogen functional groups attached to an aromatic ring is 1. The largest absolute Gasteiger partial charge is 0.493 e. The lowest BCUT2D eigenvalue weighted by Crippen LogP contribution is -2.04. The summed E-state index contributed by atoms with van der Waals surface area (Å²) in [7, 11) is 4.97. The highest BCUT2D eigenvalue weighted by atomic mass is 16.5. The molecule has 0 spiro atoms. The first kappa shape index (κ1) is 17.3. The van der Waals surface area contributed by atoms with E-state index in [1.165, 1.54) is 0 Å². The normalized spacial score (nSPS) is 10.4. The lowest BCUT2D eigenvalue weighted by atomic mass is 9.92. The number of aromatic nitrogens is 3. The van der Waals surface area contributed by atoms with Gasteiger partial charge < -0.3 is 15.2 Å². The minimum absolute atomic E-state index is 0.164. The number of nitrogens with zero attached hydrogens (tertiary/aromatic N) is 4. The Kier molecular flexibility index (Phi) is 4.50. The van der Waals surface area contributed by atoms with E-state index in [0.29, 0.717) is 28.3 Å². The summed E-state index contributed by atoms with van der Waals surface area (Å²) in [4.78, 5) is 4.44. The van der Waals surface area contributed by atoms with Crippen molar-refractivity contribution in [3.63, 3.8) is 0 Å². The van der Waals surface area contributed by atoms with Crippen LogP contribution in [0.25, 0.3) is 22.4 Å². The fourth-order valence-corrected chi connectivity index (χ4v) is 3.05. The van der Waals surface area contributed by atoms with Crippen LogP contribution in [-0.4, -0.2) is 29.0 Å². The molecule has 2 heterocycles. The van der Waals surface area contributed by atoms with E-state index in [1.54, 1.807) is 31.2 Å². The maximum Gasteiger partial charge on any atom is 0.168 e. The highest BCUT2D eigenvalue weighted by Crippen LogP contribution is 2.43. The molecule has 7 heteroatoms. The molecular weight excluding hydrogens is 330 g/mol. The van der Waals surface area contributed by atoms with Crippen LogP contribution in [0, 0.1) is 18.3 Å². The lowest BCUT2D eigenvalue weighted by molar-refractivity contribution is 0.356. The van der Waals surface area contributed by atoms with Gasteiger partial charge in [0.25, 0.3) is 0 Å². The highest BCUT2D eigenvalue weighted by Gasteiger charge is 2.22. The van der Waals surface area contributed by atoms with Gasteiger partial charge in [0.1, 0.15) is 17.5 Å². The molecule has 2 N–H and O–H groups in total. The van der Waals surface area contributed by atoms with Crippen LogP contribution in [0.4, 0.5) is 5.82 Å². The summed E-state index contributed by atoms with van der Waals surface area (Å²) in [5.74, 6) is 1.28. The number of ether oxygens (including phenoxy) is 2. The maximum absolute atomic E-state index is 9.68. The van der Waals surface area contributed by atoms with Crippen LogP contribution in [0.5, 0.6) is 11.5 Å². The Labute approximate surface area is 151 Å². The number of pyridine rings is 1. The number of hydrogen-bond acceptors (Lipinski definition) is 6. The average molecular weight is 349 g/mol. The second-order valence-electron chi connectivity index (χ2n) is 5.78. The number of para-hydroxylation sites is 1. The Morgan fingerprint density at radius 1 is 1.23 bits per heavy atom. The van der Waals surface area contributed by atoms with E-state index in [0.717, 1.165) is 16.7 Å². The highest BCUT2D eigenvalue weighted by molar-refractivity contribution is 5.87. The second kappa shape index (κ2) is 6.76. The van der Waals surface area contributed by atoms with Gasteiger partial charge >= 0.3 is 0 Å². The van der Waals surface area contributed by atoms with Crippen LogP contribution in [0.2, 0.25) is 0 Å². The van der Waals surface area contributed by atoms with Gasteiger partial charge in [-0.1, -0.05) is 12.1 Å². The third kappa shape index (κ3) is 2.71. The molecule has 132 valence electrons. The molecule has 0 aliphatic rings. The molecular formula is C19H19N5O2. The molecule has 0 amide bonds. The molecule has 1 aromatic carbocycles. The van der Waals surface area contributed by atoms with E-state index in [1.807, 2.05) is 32.3 Å². The van der Waals surface area contributed by atoms with Gasteiger partial charge in [0.05, 0.1) is 26.1 Å². The molecule has 0 saturated carbocycles. The van der Waals surface area contributed by atoms with Gasteiger partial charge in [0.2, 0.25) is 0 Å². The summed E-state index contributed by atoms with van der Waals surface area (Å²) in [5, 5.41) is 13.9. The number of nitrogens with two attached hydrogens (primary N) is 1. The molecule has 2 aromatic heterocycles. The monoisotopic (exact) mass is 349 g/mol. The van der Waals surface area contributed by atoms with Crippen molar-refractivity contribution in [2.45, 2.75) is 6.92 Å². The van der Waals surface area contributed by atoms with E-state index < -0.39 is 0 Å². The van der Waals surface area contributed by atoms with Crippen molar-refractivity contribution in [2.24, 2.45) is 7.05 Å². The van der Waals surface area contributed by atoms with E-state index in [4.69, 9.17) is 15.2 Å². The minimum atomic E-state index is 0.164. The Balaban J connectivity index is 2.38. The third-order valence-electron chi connectivity index (χ3n) is 4.23. The predicted octanol–water partition coefficient (Wildman–Crippen LogP) is 2.93. The predicted molar refractivity (Wildman–Crippen MR) is 98.8 cm³/mol. The summed E-state index contributed by atoms with van der Waals surface area (Å²) >= 11 is 0. The lowest BCUT2D eigenvalue weighted by Gasteiger charge is -2.18.